The summed E-state index contributed by atoms with van der Waals surface area (Å²) in [7, 11) is 1.71. The largest absolute Gasteiger partial charge is 0.495 e. The average molecular weight is 234 g/mol. The second-order valence-corrected chi connectivity index (χ2v) is 4.82. The van der Waals surface area contributed by atoms with Crippen molar-refractivity contribution in [3.63, 3.8) is 0 Å². The zero-order valence-corrected chi connectivity index (χ0v) is 10.8. The first kappa shape index (κ1) is 12.1. The Labute approximate surface area is 104 Å². The molecule has 2 N–H and O–H groups in total. The second-order valence-electron chi connectivity index (χ2n) is 4.82. The Hall–Kier alpha value is -1.38. The minimum absolute atomic E-state index is 0.579. The van der Waals surface area contributed by atoms with E-state index in [1.54, 1.807) is 7.11 Å². The van der Waals surface area contributed by atoms with Gasteiger partial charge in [-0.15, -0.1) is 0 Å². The predicted octanol–water partition coefficient (Wildman–Crippen LogP) is 3.05. The van der Waals surface area contributed by atoms with Gasteiger partial charge in [-0.2, -0.15) is 0 Å². The number of methoxy groups -OCH3 is 1. The molecule has 0 spiro atoms. The molecular formula is C14H22N2O. The van der Waals surface area contributed by atoms with Gasteiger partial charge >= 0.3 is 0 Å². The summed E-state index contributed by atoms with van der Waals surface area (Å²) in [5.74, 6) is 0.888. The molecule has 1 atom stereocenters. The van der Waals surface area contributed by atoms with Gasteiger partial charge in [0.25, 0.3) is 0 Å². The Bertz CT molecular complexity index is 378. The van der Waals surface area contributed by atoms with E-state index in [2.05, 4.69) is 17.9 Å². The summed E-state index contributed by atoms with van der Waals surface area (Å²) in [5, 5.41) is 0. The van der Waals surface area contributed by atoms with Crippen LogP contribution in [0.25, 0.3) is 0 Å². The quantitative estimate of drug-likeness (QED) is 0.799. The highest BCUT2D eigenvalue weighted by molar-refractivity contribution is 5.64. The van der Waals surface area contributed by atoms with E-state index in [1.165, 1.54) is 31.4 Å². The van der Waals surface area contributed by atoms with Crippen molar-refractivity contribution in [1.82, 2.24) is 0 Å². The molecule has 1 heterocycles. The highest BCUT2D eigenvalue weighted by atomic mass is 16.5. The summed E-state index contributed by atoms with van der Waals surface area (Å²) >= 11 is 0. The van der Waals surface area contributed by atoms with Crippen molar-refractivity contribution in [2.45, 2.75) is 38.6 Å². The molecule has 17 heavy (non-hydrogen) atoms. The standard InChI is InChI=1S/C14H22N2O/c1-11-6-4-3-5-9-16(11)13-8-7-12(15)10-14(13)17-2/h7-8,10-11H,3-6,9,15H2,1-2H3. The molecule has 1 aromatic rings. The van der Waals surface area contributed by atoms with Crippen molar-refractivity contribution >= 4 is 11.4 Å². The van der Waals surface area contributed by atoms with Gasteiger partial charge in [0.05, 0.1) is 12.8 Å². The molecule has 1 fully saturated rings. The van der Waals surface area contributed by atoms with E-state index in [1.807, 2.05) is 12.1 Å². The summed E-state index contributed by atoms with van der Waals surface area (Å²) in [6, 6.07) is 6.52. The van der Waals surface area contributed by atoms with Gasteiger partial charge in [0.2, 0.25) is 0 Å². The molecular weight excluding hydrogens is 212 g/mol. The first-order valence-electron chi connectivity index (χ1n) is 6.42. The maximum absolute atomic E-state index is 5.80. The van der Waals surface area contributed by atoms with Gasteiger partial charge in [0, 0.05) is 24.3 Å². The molecule has 1 aliphatic heterocycles. The summed E-state index contributed by atoms with van der Waals surface area (Å²) < 4.78 is 5.45. The van der Waals surface area contributed by atoms with Crippen LogP contribution < -0.4 is 15.4 Å². The molecule has 0 saturated carbocycles. The van der Waals surface area contributed by atoms with Gasteiger partial charge in [-0.1, -0.05) is 12.8 Å². The summed E-state index contributed by atoms with van der Waals surface area (Å²) in [4.78, 5) is 2.45. The van der Waals surface area contributed by atoms with Gasteiger partial charge in [-0.05, 0) is 31.9 Å². The summed E-state index contributed by atoms with van der Waals surface area (Å²) in [6.45, 7) is 3.41. The highest BCUT2D eigenvalue weighted by Gasteiger charge is 2.20. The maximum Gasteiger partial charge on any atom is 0.144 e. The molecule has 0 radical (unpaired) electrons. The number of anilines is 2. The number of nitrogens with zero attached hydrogens (tertiary/aromatic N) is 1. The van der Waals surface area contributed by atoms with Crippen LogP contribution in [0.1, 0.15) is 32.6 Å². The molecule has 0 bridgehead atoms. The zero-order chi connectivity index (χ0) is 12.3. The lowest BCUT2D eigenvalue weighted by Crippen LogP contribution is -2.32. The van der Waals surface area contributed by atoms with E-state index >= 15 is 0 Å². The van der Waals surface area contributed by atoms with Crippen LogP contribution in [0.5, 0.6) is 5.75 Å². The third-order valence-corrected chi connectivity index (χ3v) is 3.57. The van der Waals surface area contributed by atoms with Gasteiger partial charge in [-0.3, -0.25) is 0 Å². The van der Waals surface area contributed by atoms with Crippen molar-refractivity contribution in [2.75, 3.05) is 24.3 Å². The molecule has 1 aromatic carbocycles. The molecule has 3 nitrogen and oxygen atoms in total. The first-order valence-corrected chi connectivity index (χ1v) is 6.42. The molecule has 0 aliphatic carbocycles. The number of nitrogen functional groups attached to an aromatic ring is 1. The van der Waals surface area contributed by atoms with Crippen LogP contribution in [0.15, 0.2) is 18.2 Å². The van der Waals surface area contributed by atoms with Crippen LogP contribution in [-0.4, -0.2) is 19.7 Å². The molecule has 94 valence electrons. The Morgan fingerprint density at radius 3 is 2.88 bits per heavy atom. The second kappa shape index (κ2) is 5.30. The molecule has 3 heteroatoms. The monoisotopic (exact) mass is 234 g/mol. The minimum Gasteiger partial charge on any atom is -0.495 e. The van der Waals surface area contributed by atoms with E-state index in [4.69, 9.17) is 10.5 Å². The number of hydrogen-bond donors (Lipinski definition) is 1. The van der Waals surface area contributed by atoms with E-state index in [0.717, 1.165) is 18.0 Å². The van der Waals surface area contributed by atoms with E-state index < -0.39 is 0 Å². The van der Waals surface area contributed by atoms with Crippen molar-refractivity contribution in [2.24, 2.45) is 0 Å². The van der Waals surface area contributed by atoms with Gasteiger partial charge < -0.3 is 15.4 Å². The minimum atomic E-state index is 0.579. The SMILES string of the molecule is COc1cc(N)ccc1N1CCCCCC1C. The topological polar surface area (TPSA) is 38.5 Å². The van der Waals surface area contributed by atoms with Crippen LogP contribution in [0.4, 0.5) is 11.4 Å². The Morgan fingerprint density at radius 1 is 1.29 bits per heavy atom. The van der Waals surface area contributed by atoms with Crippen LogP contribution >= 0.6 is 0 Å². The fourth-order valence-electron chi connectivity index (χ4n) is 2.56. The number of benzene rings is 1. The molecule has 1 saturated heterocycles. The van der Waals surface area contributed by atoms with Gasteiger partial charge in [0.15, 0.2) is 0 Å². The fraction of sp³-hybridized carbons (Fsp3) is 0.571. The van der Waals surface area contributed by atoms with Crippen LogP contribution in [0.2, 0.25) is 0 Å². The van der Waals surface area contributed by atoms with Crippen molar-refractivity contribution < 1.29 is 4.74 Å². The van der Waals surface area contributed by atoms with Crippen LogP contribution in [0, 0.1) is 0 Å². The van der Waals surface area contributed by atoms with Crippen LogP contribution in [0.3, 0.4) is 0 Å². The Morgan fingerprint density at radius 2 is 2.12 bits per heavy atom. The molecule has 1 aliphatic rings. The number of nitrogens with two attached hydrogens (primary N) is 1. The average Bonchev–Trinajstić information content (AvgIpc) is 2.54. The number of rotatable bonds is 2. The lowest BCUT2D eigenvalue weighted by atomic mass is 10.1. The maximum atomic E-state index is 5.80. The van der Waals surface area contributed by atoms with Crippen molar-refractivity contribution in [1.29, 1.82) is 0 Å². The zero-order valence-electron chi connectivity index (χ0n) is 10.8. The van der Waals surface area contributed by atoms with E-state index in [9.17, 15) is 0 Å². The summed E-state index contributed by atoms with van der Waals surface area (Å²) in [5.41, 5.74) is 7.73. The predicted molar refractivity (Wildman–Crippen MR) is 72.7 cm³/mol. The van der Waals surface area contributed by atoms with Crippen molar-refractivity contribution in [3.8, 4) is 5.75 Å². The molecule has 0 aromatic heterocycles. The summed E-state index contributed by atoms with van der Waals surface area (Å²) in [6.07, 6.45) is 5.18. The highest BCUT2D eigenvalue weighted by Crippen LogP contribution is 2.33. The lowest BCUT2D eigenvalue weighted by molar-refractivity contribution is 0.413. The van der Waals surface area contributed by atoms with Gasteiger partial charge in [0.1, 0.15) is 5.75 Å². The fourth-order valence-corrected chi connectivity index (χ4v) is 2.56. The van der Waals surface area contributed by atoms with Crippen LogP contribution in [-0.2, 0) is 0 Å². The lowest BCUT2D eigenvalue weighted by Gasteiger charge is -2.30. The van der Waals surface area contributed by atoms with E-state index in [0.29, 0.717) is 6.04 Å². The molecule has 2 rings (SSSR count). The Balaban J connectivity index is 2.30. The first-order chi connectivity index (χ1) is 8.22. The number of ether oxygens (including phenoxy) is 1. The van der Waals surface area contributed by atoms with Crippen molar-refractivity contribution in [3.05, 3.63) is 18.2 Å². The third-order valence-electron chi connectivity index (χ3n) is 3.57. The van der Waals surface area contributed by atoms with E-state index in [-0.39, 0.29) is 0 Å². The normalized spacial score (nSPS) is 21.1. The molecule has 0 amide bonds. The molecule has 1 unspecified atom stereocenters. The van der Waals surface area contributed by atoms with Gasteiger partial charge in [-0.25, -0.2) is 0 Å². The Kier molecular flexibility index (Phi) is 3.77. The smallest absolute Gasteiger partial charge is 0.144 e. The third kappa shape index (κ3) is 2.65. The number of hydrogen-bond acceptors (Lipinski definition) is 3.